The van der Waals surface area contributed by atoms with Crippen LogP contribution >= 0.6 is 0 Å². The maximum absolute atomic E-state index is 12.8. The van der Waals surface area contributed by atoms with Crippen molar-refractivity contribution in [1.82, 2.24) is 96.0 Å². The molecule has 3 fully saturated rings. The van der Waals surface area contributed by atoms with Crippen molar-refractivity contribution in [3.05, 3.63) is 254 Å². The monoisotopic (exact) mass is 1970 g/mol. The van der Waals surface area contributed by atoms with Gasteiger partial charge in [-0.25, -0.2) is 49.8 Å². The van der Waals surface area contributed by atoms with Crippen LogP contribution in [0.5, 0.6) is 0 Å². The van der Waals surface area contributed by atoms with Crippen LogP contribution in [-0.2, 0) is 38.6 Å². The van der Waals surface area contributed by atoms with Crippen molar-refractivity contribution in [1.29, 1.82) is 0 Å². The van der Waals surface area contributed by atoms with E-state index in [1.54, 1.807) is 31.0 Å². The number of carbonyl (C=O) groups is 5. The first-order valence-corrected chi connectivity index (χ1v) is 51.0. The minimum Gasteiger partial charge on any atom is -0.369 e. The van der Waals surface area contributed by atoms with Crippen LogP contribution in [0.4, 0.5) is 40.5 Å². The van der Waals surface area contributed by atoms with Crippen molar-refractivity contribution in [3.63, 3.8) is 0 Å². The highest BCUT2D eigenvalue weighted by atomic mass is 16.2. The summed E-state index contributed by atoms with van der Waals surface area (Å²) in [6.45, 7) is 66.0. The third-order valence-corrected chi connectivity index (χ3v) is 24.0. The maximum Gasteiger partial charge on any atom is 0.256 e. The quantitative estimate of drug-likeness (QED) is 0.0179. The Bertz CT molecular complexity index is 5700. The van der Waals surface area contributed by atoms with Crippen LogP contribution in [-0.4, -0.2) is 264 Å². The van der Waals surface area contributed by atoms with Crippen molar-refractivity contribution in [2.75, 3.05) is 202 Å². The second kappa shape index (κ2) is 55.4. The van der Waals surface area contributed by atoms with Gasteiger partial charge in [-0.1, -0.05) is 212 Å². The first-order chi connectivity index (χ1) is 68.1. The smallest absolute Gasteiger partial charge is 0.256 e. The van der Waals surface area contributed by atoms with E-state index in [-0.39, 0.29) is 56.6 Å². The number of piperazine rings is 3. The molecule has 10 aromatic rings. The van der Waals surface area contributed by atoms with Gasteiger partial charge in [0.1, 0.15) is 86.0 Å². The van der Waals surface area contributed by atoms with E-state index in [9.17, 15) is 24.0 Å². The number of likely N-dealkylation sites (N-methyl/N-ethyl adjacent to an activating group) is 3. The number of aryl methyl sites for hydroxylation is 7. The van der Waals surface area contributed by atoms with Crippen LogP contribution in [0.3, 0.4) is 0 Å². The molecule has 0 spiro atoms. The topological polar surface area (TPSA) is 354 Å². The molecule has 144 heavy (non-hydrogen) atoms. The minimum atomic E-state index is -0.150. The zero-order chi connectivity index (χ0) is 105. The number of benzene rings is 5. The summed E-state index contributed by atoms with van der Waals surface area (Å²) in [5.41, 5.74) is 15.3. The van der Waals surface area contributed by atoms with E-state index in [4.69, 9.17) is 0 Å². The summed E-state index contributed by atoms with van der Waals surface area (Å²) in [6.07, 6.45) is 12.0. The fourth-order valence-electron chi connectivity index (χ4n) is 15.3. The summed E-state index contributed by atoms with van der Waals surface area (Å²) in [7, 11) is 6.51. The standard InChI is InChI=1S/C25H38N6O.2C24H36N6O.2C20H28N4O/c1-19-27-16-22(23(29-19)28-18-25(2,3)4)24(32)26-11-10-20-6-8-21(9-7-20)17-31-14-12-30(5)13-15-31;1-18-26-16-21(22(28-18)27-17-24(2,3)4)23(31)25-11-10-19-6-8-20(9-7-19)30-14-12-29(5)13-15-30;1-18-26-16-21(22(28-18)27-17-24(2,3)4)23(31)25-10-9-19-7-6-8-20(15-19)30-13-11-29(5)12-14-30;1-14-6-8-16(9-7-14)10-11-21-19(25)17-12-22-15(2)24-18(17)23-13-20(3,4)5;1-14-7-6-8-16(11-14)9-10-21-19(25)17-12-22-15(2)24-18(17)23-13-20(3,4)5/h6-9,16H,10-15,17-18H2,1-5H3,(H,26,32)(H,27,28,29);6-9,16H,10-15,17H2,1-5H3,(H,25,31)(H,26,27,28);6-8,15-16H,9-14,17H2,1-5H3,(H,25,31)(H,26,27,28);6-9,12H,10-11,13H2,1-5H3,(H,21,25)(H,22,23,24);6-8,11-12H,9-10,13H2,1-5H3,(H,21,25)(H,22,23,24). The molecule has 0 unspecified atom stereocenters. The van der Waals surface area contributed by atoms with Crippen molar-refractivity contribution >= 4 is 70.0 Å². The fourth-order valence-corrected chi connectivity index (χ4v) is 15.3. The zero-order valence-corrected chi connectivity index (χ0v) is 90.9. The van der Waals surface area contributed by atoms with Crippen LogP contribution < -0.4 is 63.0 Å². The number of nitrogens with zero attached hydrogens (tertiary/aromatic N) is 16. The van der Waals surface area contributed by atoms with Gasteiger partial charge in [0.25, 0.3) is 29.5 Å². The molecule has 13 rings (SSSR count). The maximum atomic E-state index is 12.8. The summed E-state index contributed by atoms with van der Waals surface area (Å²) in [4.78, 5) is 121. The number of carbonyl (C=O) groups excluding carboxylic acids is 5. The van der Waals surface area contributed by atoms with Crippen molar-refractivity contribution < 1.29 is 24.0 Å². The van der Waals surface area contributed by atoms with E-state index in [1.165, 1.54) is 55.9 Å². The van der Waals surface area contributed by atoms with Gasteiger partial charge >= 0.3 is 0 Å². The first-order valence-electron chi connectivity index (χ1n) is 51.0. The van der Waals surface area contributed by atoms with Crippen molar-refractivity contribution in [2.24, 2.45) is 27.1 Å². The van der Waals surface area contributed by atoms with E-state index >= 15 is 0 Å². The molecule has 8 heterocycles. The molecule has 5 aromatic carbocycles. The summed E-state index contributed by atoms with van der Waals surface area (Å²) in [5, 5.41) is 31.5. The van der Waals surface area contributed by atoms with Gasteiger partial charge in [-0.3, -0.25) is 28.9 Å². The molecule has 3 aliphatic heterocycles. The third-order valence-electron chi connectivity index (χ3n) is 24.0. The van der Waals surface area contributed by atoms with Crippen LogP contribution in [0.2, 0.25) is 0 Å². The van der Waals surface area contributed by atoms with Gasteiger partial charge in [0.05, 0.1) is 0 Å². The number of hydrogen-bond donors (Lipinski definition) is 10. The van der Waals surface area contributed by atoms with Crippen molar-refractivity contribution in [3.8, 4) is 0 Å². The molecule has 0 radical (unpaired) electrons. The second-order valence-corrected chi connectivity index (χ2v) is 44.3. The van der Waals surface area contributed by atoms with Gasteiger partial charge in [0, 0.05) is 193 Å². The predicted octanol–water partition coefficient (Wildman–Crippen LogP) is 15.9. The van der Waals surface area contributed by atoms with Gasteiger partial charge in [-0.2, -0.15) is 0 Å². The number of nitrogens with one attached hydrogen (secondary N) is 10. The van der Waals surface area contributed by atoms with E-state index in [0.29, 0.717) is 119 Å². The van der Waals surface area contributed by atoms with Gasteiger partial charge in [0.2, 0.25) is 0 Å². The molecule has 0 atom stereocenters. The Morgan fingerprint density at radius 2 is 0.521 bits per heavy atom. The highest BCUT2D eigenvalue weighted by Gasteiger charge is 2.26. The molecule has 778 valence electrons. The number of rotatable bonds is 34. The summed E-state index contributed by atoms with van der Waals surface area (Å²) in [6, 6.07) is 42.7. The molecule has 3 aliphatic rings. The van der Waals surface area contributed by atoms with Crippen LogP contribution in [0.1, 0.15) is 229 Å². The lowest BCUT2D eigenvalue weighted by Crippen LogP contribution is -2.44. The van der Waals surface area contributed by atoms with E-state index in [2.05, 4.69) is 387 Å². The zero-order valence-electron chi connectivity index (χ0n) is 90.9. The van der Waals surface area contributed by atoms with Crippen LogP contribution in [0.25, 0.3) is 0 Å². The SMILES string of the molecule is Cc1ccc(CCNC(=O)c2cnc(C)nc2NCC(C)(C)C)cc1.Cc1cccc(CCNC(=O)c2cnc(C)nc2NCC(C)(C)C)c1.Cc1ncc(C(=O)NCCc2ccc(CN3CCN(C)CC3)cc2)c(NCC(C)(C)C)n1.Cc1ncc(C(=O)NCCc2ccc(N3CCN(C)CC3)cc2)c(NCC(C)(C)C)n1.Cc1ncc(C(=O)NCCc2cccc(N3CCN(C)CC3)c2)c(NCC(C)(C)C)n1. The average Bonchev–Trinajstić information content (AvgIpc) is 0.857. The Morgan fingerprint density at radius 1 is 0.271 bits per heavy atom. The molecule has 10 N–H and O–H groups in total. The molecular weight excluding hydrogens is 1800 g/mol. The Balaban J connectivity index is 0.000000201. The number of aromatic nitrogens is 10. The second-order valence-electron chi connectivity index (χ2n) is 44.3. The number of anilines is 7. The molecule has 31 nitrogen and oxygen atoms in total. The fraction of sp³-hybridized carbons (Fsp3) is 0.513. The van der Waals surface area contributed by atoms with E-state index < -0.39 is 0 Å². The van der Waals surface area contributed by atoms with E-state index in [1.807, 2.05) is 40.7 Å². The van der Waals surface area contributed by atoms with Gasteiger partial charge in [0.15, 0.2) is 0 Å². The molecular formula is C113H166N26O5. The van der Waals surface area contributed by atoms with E-state index in [0.717, 1.165) is 150 Å². The summed E-state index contributed by atoms with van der Waals surface area (Å²) >= 11 is 0. The molecule has 0 saturated carbocycles. The predicted molar refractivity (Wildman–Crippen MR) is 588 cm³/mol. The molecule has 3 saturated heterocycles. The Morgan fingerprint density at radius 3 is 0.812 bits per heavy atom. The Hall–Kier alpha value is -12.7. The van der Waals surface area contributed by atoms with Crippen LogP contribution in [0, 0.1) is 75.5 Å². The first kappa shape index (κ1) is 115. The summed E-state index contributed by atoms with van der Waals surface area (Å²) < 4.78 is 0. The molecule has 0 aliphatic carbocycles. The largest absolute Gasteiger partial charge is 0.369 e. The average molecular weight is 1970 g/mol. The molecule has 5 amide bonds. The van der Waals surface area contributed by atoms with Crippen molar-refractivity contribution in [2.45, 2.75) is 191 Å². The third kappa shape index (κ3) is 42.3. The number of hydrogen-bond acceptors (Lipinski definition) is 26. The Kier molecular flexibility index (Phi) is 44.2. The Labute approximate surface area is 858 Å². The lowest BCUT2D eigenvalue weighted by molar-refractivity contribution is 0.0945. The highest BCUT2D eigenvalue weighted by molar-refractivity contribution is 6.01. The normalized spacial score (nSPS) is 13.8. The highest BCUT2D eigenvalue weighted by Crippen LogP contribution is 2.27. The summed E-state index contributed by atoms with van der Waals surface area (Å²) in [5.74, 6) is 5.46. The molecule has 0 bridgehead atoms. The molecule has 31 heteroatoms. The van der Waals surface area contributed by atoms with Gasteiger partial charge in [-0.05, 0) is 186 Å². The van der Waals surface area contributed by atoms with Gasteiger partial charge in [-0.15, -0.1) is 0 Å². The number of amides is 5. The lowest BCUT2D eigenvalue weighted by atomic mass is 9.97. The lowest BCUT2D eigenvalue weighted by Gasteiger charge is -2.34. The van der Waals surface area contributed by atoms with Crippen LogP contribution in [0.15, 0.2) is 152 Å². The minimum absolute atomic E-state index is 0.0847. The van der Waals surface area contributed by atoms with Gasteiger partial charge < -0.3 is 77.7 Å². The molecule has 5 aromatic heterocycles.